The van der Waals surface area contributed by atoms with Crippen molar-refractivity contribution < 1.29 is 14.7 Å². The first-order chi connectivity index (χ1) is 8.30. The average Bonchev–Trinajstić information content (AvgIpc) is 2.27. The Kier molecular flexibility index (Phi) is 5.14. The molecule has 1 heterocycles. The maximum absolute atomic E-state index is 12.1. The number of carbonyl (C=O) groups excluding carboxylic acids is 1. The Morgan fingerprint density at radius 3 is 2.50 bits per heavy atom. The Hall–Kier alpha value is -1.10. The predicted molar refractivity (Wildman–Crippen MR) is 69.3 cm³/mol. The van der Waals surface area contributed by atoms with E-state index in [0.717, 1.165) is 25.8 Å². The second kappa shape index (κ2) is 6.18. The van der Waals surface area contributed by atoms with E-state index in [0.29, 0.717) is 0 Å². The van der Waals surface area contributed by atoms with E-state index in [1.165, 1.54) is 0 Å². The molecule has 2 atom stereocenters. The maximum atomic E-state index is 12.1. The Balaban J connectivity index is 2.59. The van der Waals surface area contributed by atoms with E-state index in [2.05, 4.69) is 10.6 Å². The number of carboxylic acid groups (broad SMARTS) is 1. The standard InChI is InChI=1S/C13H24N2O3/c1-13(2,3)10(8-11(16)17)15-12(18)9-6-4-5-7-14-9/h9-10,14H,4-8H2,1-3H3,(H,15,18)(H,16,17)/t9-,10?/m1/s1. The zero-order valence-corrected chi connectivity index (χ0v) is 11.5. The van der Waals surface area contributed by atoms with Gasteiger partial charge in [0.2, 0.25) is 5.91 Å². The van der Waals surface area contributed by atoms with Crippen LogP contribution in [0.2, 0.25) is 0 Å². The number of nitrogens with one attached hydrogen (secondary N) is 2. The monoisotopic (exact) mass is 256 g/mol. The second-order valence-electron chi connectivity index (χ2n) is 6.03. The zero-order chi connectivity index (χ0) is 13.8. The second-order valence-corrected chi connectivity index (χ2v) is 6.03. The molecule has 0 radical (unpaired) electrons. The lowest BCUT2D eigenvalue weighted by Gasteiger charge is -2.32. The Morgan fingerprint density at radius 2 is 2.06 bits per heavy atom. The van der Waals surface area contributed by atoms with E-state index in [1.807, 2.05) is 20.8 Å². The predicted octanol–water partition coefficient (Wildman–Crippen LogP) is 1.13. The van der Waals surface area contributed by atoms with Gasteiger partial charge in [-0.15, -0.1) is 0 Å². The summed E-state index contributed by atoms with van der Waals surface area (Å²) in [5, 5.41) is 14.9. The van der Waals surface area contributed by atoms with E-state index in [1.54, 1.807) is 0 Å². The third kappa shape index (κ3) is 4.64. The minimum atomic E-state index is -0.883. The van der Waals surface area contributed by atoms with E-state index in [9.17, 15) is 9.59 Å². The van der Waals surface area contributed by atoms with Crippen LogP contribution in [-0.2, 0) is 9.59 Å². The van der Waals surface area contributed by atoms with Crippen LogP contribution < -0.4 is 10.6 Å². The Labute approximate surface area is 108 Å². The summed E-state index contributed by atoms with van der Waals surface area (Å²) >= 11 is 0. The topological polar surface area (TPSA) is 78.4 Å². The largest absolute Gasteiger partial charge is 0.481 e. The number of amides is 1. The van der Waals surface area contributed by atoms with Crippen molar-refractivity contribution in [1.82, 2.24) is 10.6 Å². The number of aliphatic carboxylic acids is 1. The number of hydrogen-bond donors (Lipinski definition) is 3. The van der Waals surface area contributed by atoms with Gasteiger partial charge >= 0.3 is 5.97 Å². The molecule has 5 heteroatoms. The van der Waals surface area contributed by atoms with Crippen molar-refractivity contribution in [2.45, 2.75) is 58.5 Å². The van der Waals surface area contributed by atoms with Crippen molar-refractivity contribution in [1.29, 1.82) is 0 Å². The van der Waals surface area contributed by atoms with Gasteiger partial charge in [0.15, 0.2) is 0 Å². The van der Waals surface area contributed by atoms with Crippen molar-refractivity contribution >= 4 is 11.9 Å². The molecule has 1 amide bonds. The van der Waals surface area contributed by atoms with Gasteiger partial charge in [0.25, 0.3) is 0 Å². The highest BCUT2D eigenvalue weighted by Crippen LogP contribution is 2.22. The number of piperidine rings is 1. The minimum absolute atomic E-state index is 0.0397. The van der Waals surface area contributed by atoms with Crippen molar-refractivity contribution in [3.05, 3.63) is 0 Å². The molecule has 0 spiro atoms. The van der Waals surface area contributed by atoms with Crippen LogP contribution >= 0.6 is 0 Å². The summed E-state index contributed by atoms with van der Waals surface area (Å²) in [4.78, 5) is 22.9. The van der Waals surface area contributed by atoms with Gasteiger partial charge in [-0.05, 0) is 24.8 Å². The molecule has 1 rings (SSSR count). The van der Waals surface area contributed by atoms with Crippen LogP contribution in [0.25, 0.3) is 0 Å². The third-order valence-electron chi connectivity index (χ3n) is 3.37. The van der Waals surface area contributed by atoms with Crippen LogP contribution in [0.4, 0.5) is 0 Å². The summed E-state index contributed by atoms with van der Waals surface area (Å²) in [7, 11) is 0. The molecule has 18 heavy (non-hydrogen) atoms. The molecule has 0 aromatic carbocycles. The molecule has 104 valence electrons. The first-order valence-corrected chi connectivity index (χ1v) is 6.56. The summed E-state index contributed by atoms with van der Waals surface area (Å²) in [5.41, 5.74) is -0.261. The molecule has 3 N–H and O–H groups in total. The molecule has 1 aliphatic rings. The summed E-state index contributed by atoms with van der Waals surface area (Å²) in [6.45, 7) is 6.68. The highest BCUT2D eigenvalue weighted by atomic mass is 16.4. The lowest BCUT2D eigenvalue weighted by atomic mass is 9.84. The molecular weight excluding hydrogens is 232 g/mol. The van der Waals surface area contributed by atoms with E-state index in [-0.39, 0.29) is 29.8 Å². The summed E-state index contributed by atoms with van der Waals surface area (Å²) < 4.78 is 0. The molecule has 0 aromatic rings. The first kappa shape index (κ1) is 15.0. The van der Waals surface area contributed by atoms with Gasteiger partial charge in [-0.3, -0.25) is 9.59 Å². The van der Waals surface area contributed by atoms with Crippen LogP contribution in [0, 0.1) is 5.41 Å². The van der Waals surface area contributed by atoms with Gasteiger partial charge in [0, 0.05) is 6.04 Å². The molecule has 1 aliphatic heterocycles. The van der Waals surface area contributed by atoms with Gasteiger partial charge in [0.1, 0.15) is 0 Å². The lowest BCUT2D eigenvalue weighted by molar-refractivity contribution is -0.138. The lowest BCUT2D eigenvalue weighted by Crippen LogP contribution is -2.53. The Morgan fingerprint density at radius 1 is 1.39 bits per heavy atom. The third-order valence-corrected chi connectivity index (χ3v) is 3.37. The fraction of sp³-hybridized carbons (Fsp3) is 0.846. The van der Waals surface area contributed by atoms with Crippen LogP contribution in [0.3, 0.4) is 0 Å². The highest BCUT2D eigenvalue weighted by Gasteiger charge is 2.31. The van der Waals surface area contributed by atoms with Crippen molar-refractivity contribution in [2.24, 2.45) is 5.41 Å². The van der Waals surface area contributed by atoms with Crippen LogP contribution in [-0.4, -0.2) is 35.6 Å². The van der Waals surface area contributed by atoms with Gasteiger partial charge in [0.05, 0.1) is 12.5 Å². The van der Waals surface area contributed by atoms with Crippen LogP contribution in [0.1, 0.15) is 46.5 Å². The molecule has 5 nitrogen and oxygen atoms in total. The van der Waals surface area contributed by atoms with Crippen LogP contribution in [0.5, 0.6) is 0 Å². The molecular formula is C13H24N2O3. The van der Waals surface area contributed by atoms with E-state index >= 15 is 0 Å². The first-order valence-electron chi connectivity index (χ1n) is 6.56. The fourth-order valence-electron chi connectivity index (χ4n) is 2.10. The van der Waals surface area contributed by atoms with Gasteiger partial charge in [-0.2, -0.15) is 0 Å². The zero-order valence-electron chi connectivity index (χ0n) is 11.5. The molecule has 1 saturated heterocycles. The fourth-order valence-corrected chi connectivity index (χ4v) is 2.10. The molecule has 0 aliphatic carbocycles. The molecule has 0 saturated carbocycles. The molecule has 0 bridgehead atoms. The van der Waals surface area contributed by atoms with Crippen molar-refractivity contribution in [3.8, 4) is 0 Å². The summed E-state index contributed by atoms with van der Waals surface area (Å²) in [6.07, 6.45) is 2.93. The molecule has 0 aromatic heterocycles. The Bertz CT molecular complexity index is 304. The van der Waals surface area contributed by atoms with E-state index < -0.39 is 5.97 Å². The highest BCUT2D eigenvalue weighted by molar-refractivity contribution is 5.82. The minimum Gasteiger partial charge on any atom is -0.481 e. The van der Waals surface area contributed by atoms with Gasteiger partial charge < -0.3 is 15.7 Å². The van der Waals surface area contributed by atoms with Crippen molar-refractivity contribution in [3.63, 3.8) is 0 Å². The molecule has 1 unspecified atom stereocenters. The number of carboxylic acids is 1. The molecule has 1 fully saturated rings. The van der Waals surface area contributed by atoms with E-state index in [4.69, 9.17) is 5.11 Å². The SMILES string of the molecule is CC(C)(C)C(CC(=O)O)NC(=O)[C@H]1CCCCN1. The summed E-state index contributed by atoms with van der Waals surface area (Å²) in [5.74, 6) is -0.956. The number of hydrogen-bond acceptors (Lipinski definition) is 3. The average molecular weight is 256 g/mol. The van der Waals surface area contributed by atoms with Gasteiger partial charge in [-0.25, -0.2) is 0 Å². The number of rotatable bonds is 4. The normalized spacial score (nSPS) is 22.3. The smallest absolute Gasteiger partial charge is 0.305 e. The van der Waals surface area contributed by atoms with Gasteiger partial charge in [-0.1, -0.05) is 27.2 Å². The van der Waals surface area contributed by atoms with Crippen LogP contribution in [0.15, 0.2) is 0 Å². The van der Waals surface area contributed by atoms with Crippen molar-refractivity contribution in [2.75, 3.05) is 6.54 Å². The maximum Gasteiger partial charge on any atom is 0.305 e. The summed E-state index contributed by atoms with van der Waals surface area (Å²) in [6, 6.07) is -0.511. The number of carbonyl (C=O) groups is 2. The quantitative estimate of drug-likeness (QED) is 0.704.